The van der Waals surface area contributed by atoms with Gasteiger partial charge in [0.2, 0.25) is 0 Å². The van der Waals surface area contributed by atoms with Crippen molar-refractivity contribution in [1.82, 2.24) is 5.43 Å². The Kier molecular flexibility index (Phi) is 4.66. The largest absolute Gasteiger partial charge is 0.505 e. The maximum atomic E-state index is 11.4. The summed E-state index contributed by atoms with van der Waals surface area (Å²) >= 11 is 0. The molecule has 3 rings (SSSR count). The Balaban J connectivity index is 1.89. The second-order valence-electron chi connectivity index (χ2n) is 5.74. The van der Waals surface area contributed by atoms with Gasteiger partial charge in [-0.05, 0) is 36.1 Å². The monoisotopic (exact) mass is 327 g/mol. The number of carbonyl (C=O) groups is 1. The summed E-state index contributed by atoms with van der Waals surface area (Å²) in [5.41, 5.74) is 6.53. The SMILES string of the molecule is CCc1cc(CCC(=O)OC)cc(N2N=C3C=CC=CC3N2)c1O. The zero-order valence-electron chi connectivity index (χ0n) is 13.8. The molecule has 1 aliphatic heterocycles. The smallest absolute Gasteiger partial charge is 0.305 e. The molecule has 6 nitrogen and oxygen atoms in total. The number of phenols is 1. The summed E-state index contributed by atoms with van der Waals surface area (Å²) in [4.78, 5) is 11.4. The van der Waals surface area contributed by atoms with Crippen molar-refractivity contribution in [2.75, 3.05) is 12.2 Å². The lowest BCUT2D eigenvalue weighted by Gasteiger charge is -2.20. The van der Waals surface area contributed by atoms with E-state index in [1.54, 1.807) is 5.12 Å². The minimum absolute atomic E-state index is 0.0122. The highest BCUT2D eigenvalue weighted by Gasteiger charge is 2.26. The number of anilines is 1. The van der Waals surface area contributed by atoms with Crippen LogP contribution in [0.4, 0.5) is 5.69 Å². The molecule has 0 bridgehead atoms. The highest BCUT2D eigenvalue weighted by atomic mass is 16.5. The Bertz CT molecular complexity index is 737. The summed E-state index contributed by atoms with van der Waals surface area (Å²) in [6.07, 6.45) is 9.41. The van der Waals surface area contributed by atoms with Gasteiger partial charge in [0.25, 0.3) is 0 Å². The number of allylic oxidation sites excluding steroid dienone is 2. The molecule has 1 aromatic carbocycles. The lowest BCUT2D eigenvalue weighted by Crippen LogP contribution is -2.37. The first kappa shape index (κ1) is 16.3. The van der Waals surface area contributed by atoms with E-state index in [0.29, 0.717) is 24.9 Å². The summed E-state index contributed by atoms with van der Waals surface area (Å²) in [5, 5.41) is 16.7. The predicted octanol–water partition coefficient (Wildman–Crippen LogP) is 2.24. The van der Waals surface area contributed by atoms with E-state index in [0.717, 1.165) is 16.8 Å². The van der Waals surface area contributed by atoms with Crippen molar-refractivity contribution in [3.8, 4) is 5.75 Å². The number of nitrogens with one attached hydrogen (secondary N) is 1. The fourth-order valence-corrected chi connectivity index (χ4v) is 2.80. The number of benzene rings is 1. The van der Waals surface area contributed by atoms with E-state index in [-0.39, 0.29) is 17.8 Å². The number of rotatable bonds is 5. The maximum absolute atomic E-state index is 11.4. The van der Waals surface area contributed by atoms with Crippen LogP contribution in [-0.4, -0.2) is 29.9 Å². The van der Waals surface area contributed by atoms with Gasteiger partial charge in [0.15, 0.2) is 0 Å². The lowest BCUT2D eigenvalue weighted by molar-refractivity contribution is -0.140. The van der Waals surface area contributed by atoms with Crippen molar-refractivity contribution in [2.45, 2.75) is 32.2 Å². The average Bonchev–Trinajstić information content (AvgIpc) is 3.04. The summed E-state index contributed by atoms with van der Waals surface area (Å²) in [6.45, 7) is 1.98. The second kappa shape index (κ2) is 6.88. The molecule has 126 valence electrons. The van der Waals surface area contributed by atoms with Crippen LogP contribution in [0.2, 0.25) is 0 Å². The topological polar surface area (TPSA) is 74.2 Å². The van der Waals surface area contributed by atoms with Crippen molar-refractivity contribution >= 4 is 17.4 Å². The summed E-state index contributed by atoms with van der Waals surface area (Å²) in [6, 6.07) is 3.80. The number of ether oxygens (including phenoxy) is 1. The zero-order valence-corrected chi connectivity index (χ0v) is 13.8. The average molecular weight is 327 g/mol. The molecule has 1 aliphatic carbocycles. The molecular weight excluding hydrogens is 306 g/mol. The van der Waals surface area contributed by atoms with E-state index < -0.39 is 0 Å². The van der Waals surface area contributed by atoms with E-state index in [4.69, 9.17) is 4.74 Å². The number of methoxy groups -OCH3 is 1. The quantitative estimate of drug-likeness (QED) is 0.811. The molecule has 2 aliphatic rings. The number of fused-ring (bicyclic) bond motifs is 1. The zero-order chi connectivity index (χ0) is 17.1. The van der Waals surface area contributed by atoms with Crippen LogP contribution >= 0.6 is 0 Å². The molecular formula is C18H21N3O3. The van der Waals surface area contributed by atoms with Gasteiger partial charge in [-0.25, -0.2) is 0 Å². The third-order valence-corrected chi connectivity index (χ3v) is 4.16. The fraction of sp³-hybridized carbons (Fsp3) is 0.333. The number of hydrazone groups is 1. The van der Waals surface area contributed by atoms with Gasteiger partial charge in [-0.15, -0.1) is 0 Å². The van der Waals surface area contributed by atoms with Crippen LogP contribution in [0, 0.1) is 0 Å². The third kappa shape index (κ3) is 3.19. The number of hydrazine groups is 1. The van der Waals surface area contributed by atoms with Gasteiger partial charge in [-0.2, -0.15) is 15.6 Å². The second-order valence-corrected chi connectivity index (χ2v) is 5.74. The van der Waals surface area contributed by atoms with Gasteiger partial charge >= 0.3 is 5.97 Å². The molecule has 2 N–H and O–H groups in total. The third-order valence-electron chi connectivity index (χ3n) is 4.16. The van der Waals surface area contributed by atoms with Gasteiger partial charge in [-0.1, -0.05) is 31.2 Å². The highest BCUT2D eigenvalue weighted by Crippen LogP contribution is 2.34. The summed E-state index contributed by atoms with van der Waals surface area (Å²) in [7, 11) is 1.38. The van der Waals surface area contributed by atoms with Crippen LogP contribution in [-0.2, 0) is 22.4 Å². The van der Waals surface area contributed by atoms with Gasteiger partial charge in [0.05, 0.1) is 18.9 Å². The number of aromatic hydroxyl groups is 1. The first-order valence-electron chi connectivity index (χ1n) is 8.03. The van der Waals surface area contributed by atoms with E-state index in [9.17, 15) is 9.90 Å². The Hall–Kier alpha value is -2.60. The Labute approximate surface area is 141 Å². The molecule has 1 heterocycles. The standard InChI is InChI=1S/C18H21N3O3/c1-3-13-10-12(8-9-17(22)24-2)11-16(18(13)23)21-19-14-6-4-5-7-15(14)20-21/h4-7,10-11,14,19,23H,3,8-9H2,1-2H3. The molecule has 1 unspecified atom stereocenters. The van der Waals surface area contributed by atoms with E-state index in [2.05, 4.69) is 10.5 Å². The van der Waals surface area contributed by atoms with Gasteiger partial charge < -0.3 is 9.84 Å². The summed E-state index contributed by atoms with van der Waals surface area (Å²) < 4.78 is 4.70. The van der Waals surface area contributed by atoms with E-state index in [1.807, 2.05) is 43.4 Å². The molecule has 0 saturated carbocycles. The molecule has 1 aromatic rings. The predicted molar refractivity (Wildman–Crippen MR) is 92.9 cm³/mol. The minimum Gasteiger partial charge on any atom is -0.505 e. The van der Waals surface area contributed by atoms with Gasteiger partial charge in [0.1, 0.15) is 11.4 Å². The fourth-order valence-electron chi connectivity index (χ4n) is 2.80. The lowest BCUT2D eigenvalue weighted by atomic mass is 10.0. The number of hydrogen-bond donors (Lipinski definition) is 2. The Morgan fingerprint density at radius 2 is 2.25 bits per heavy atom. The highest BCUT2D eigenvalue weighted by molar-refractivity contribution is 6.03. The number of aryl methyl sites for hydroxylation is 2. The Morgan fingerprint density at radius 3 is 2.96 bits per heavy atom. The van der Waals surface area contributed by atoms with Crippen LogP contribution in [0.3, 0.4) is 0 Å². The van der Waals surface area contributed by atoms with Crippen molar-refractivity contribution < 1.29 is 14.6 Å². The van der Waals surface area contributed by atoms with Crippen LogP contribution < -0.4 is 10.5 Å². The number of phenolic OH excluding ortho intramolecular Hbond substituents is 1. The number of nitrogens with zero attached hydrogens (tertiary/aromatic N) is 2. The molecule has 0 fully saturated rings. The number of esters is 1. The maximum Gasteiger partial charge on any atom is 0.305 e. The van der Waals surface area contributed by atoms with E-state index in [1.165, 1.54) is 7.11 Å². The van der Waals surface area contributed by atoms with Crippen molar-refractivity contribution in [3.05, 3.63) is 47.6 Å². The van der Waals surface area contributed by atoms with Crippen LogP contribution in [0.15, 0.2) is 41.5 Å². The molecule has 0 radical (unpaired) electrons. The van der Waals surface area contributed by atoms with Crippen molar-refractivity contribution in [2.24, 2.45) is 5.10 Å². The summed E-state index contributed by atoms with van der Waals surface area (Å²) in [5.74, 6) is -0.0358. The normalized spacial score (nSPS) is 18.5. The minimum atomic E-state index is -0.247. The molecule has 0 amide bonds. The van der Waals surface area contributed by atoms with Gasteiger partial charge in [0, 0.05) is 6.42 Å². The first-order chi connectivity index (χ1) is 11.6. The number of hydrogen-bond acceptors (Lipinski definition) is 6. The van der Waals surface area contributed by atoms with Gasteiger partial charge in [-0.3, -0.25) is 4.79 Å². The molecule has 6 heteroatoms. The van der Waals surface area contributed by atoms with Crippen LogP contribution in [0.25, 0.3) is 0 Å². The molecule has 1 atom stereocenters. The van der Waals surface area contributed by atoms with Crippen LogP contribution in [0.1, 0.15) is 24.5 Å². The first-order valence-corrected chi connectivity index (χ1v) is 8.03. The number of carbonyl (C=O) groups excluding carboxylic acids is 1. The Morgan fingerprint density at radius 1 is 1.42 bits per heavy atom. The molecule has 0 spiro atoms. The molecule has 0 aromatic heterocycles. The molecule has 0 saturated heterocycles. The van der Waals surface area contributed by atoms with E-state index >= 15 is 0 Å². The van der Waals surface area contributed by atoms with Crippen molar-refractivity contribution in [1.29, 1.82) is 0 Å². The van der Waals surface area contributed by atoms with Crippen LogP contribution in [0.5, 0.6) is 5.75 Å². The van der Waals surface area contributed by atoms with Crippen molar-refractivity contribution in [3.63, 3.8) is 0 Å². The molecule has 24 heavy (non-hydrogen) atoms.